The Morgan fingerprint density at radius 2 is 1.58 bits per heavy atom. The zero-order chi connectivity index (χ0) is 26.3. The van der Waals surface area contributed by atoms with Gasteiger partial charge in [0, 0.05) is 11.2 Å². The zero-order valence-corrected chi connectivity index (χ0v) is 25.1. The van der Waals surface area contributed by atoms with Crippen LogP contribution in [0.3, 0.4) is 0 Å². The number of carbonyl (C=O) groups is 2. The van der Waals surface area contributed by atoms with Crippen LogP contribution in [0.1, 0.15) is 106 Å². The van der Waals surface area contributed by atoms with Gasteiger partial charge in [0.15, 0.2) is 0 Å². The van der Waals surface area contributed by atoms with Gasteiger partial charge in [-0.1, -0.05) is 50.5 Å². The first-order valence-corrected chi connectivity index (χ1v) is 15.8. The highest BCUT2D eigenvalue weighted by Gasteiger charge is 2.72. The van der Waals surface area contributed by atoms with Gasteiger partial charge in [-0.3, -0.25) is 9.59 Å². The van der Waals surface area contributed by atoms with Gasteiger partial charge >= 0.3 is 5.97 Å². The van der Waals surface area contributed by atoms with Gasteiger partial charge in [-0.15, -0.1) is 0 Å². The Labute approximate surface area is 227 Å². The third-order valence-corrected chi connectivity index (χ3v) is 14.0. The number of hydrogen-bond acceptors (Lipinski definition) is 4. The fraction of sp³-hybridized carbons (Fsp3) is 0.935. The predicted molar refractivity (Wildman–Crippen MR) is 146 cm³/mol. The van der Waals surface area contributed by atoms with E-state index in [1.807, 2.05) is 0 Å². The van der Waals surface area contributed by atoms with Crippen molar-refractivity contribution in [2.24, 2.45) is 56.7 Å². The van der Waals surface area contributed by atoms with Crippen molar-refractivity contribution in [2.45, 2.75) is 112 Å². The van der Waals surface area contributed by atoms with Crippen molar-refractivity contribution >= 4 is 27.7 Å². The van der Waals surface area contributed by atoms with E-state index in [2.05, 4.69) is 50.5 Å². The van der Waals surface area contributed by atoms with Crippen LogP contribution in [0.4, 0.5) is 0 Å². The molecular formula is C31H49BrO4. The van der Waals surface area contributed by atoms with Crippen molar-refractivity contribution in [3.8, 4) is 0 Å². The van der Waals surface area contributed by atoms with Gasteiger partial charge in [-0.25, -0.2) is 0 Å². The van der Waals surface area contributed by atoms with E-state index in [0.717, 1.165) is 44.9 Å². The summed E-state index contributed by atoms with van der Waals surface area (Å²) in [6, 6.07) is 0. The molecule has 1 N–H and O–H groups in total. The Bertz CT molecular complexity index is 916. The average Bonchev–Trinajstić information content (AvgIpc) is 3.22. The van der Waals surface area contributed by atoms with Crippen LogP contribution in [0, 0.1) is 56.7 Å². The molecule has 5 aliphatic carbocycles. The Hall–Kier alpha value is -0.420. The molecule has 5 aliphatic rings. The van der Waals surface area contributed by atoms with Gasteiger partial charge in [-0.05, 0) is 116 Å². The lowest BCUT2D eigenvalue weighted by Gasteiger charge is -2.72. The molecule has 36 heavy (non-hydrogen) atoms. The lowest BCUT2D eigenvalue weighted by molar-refractivity contribution is -0.248. The SMILES string of the molecule is CC(=O)[C@@H]1CC[C@]2(C(=O)OCCBr)CC[C@]3(C)[C@H](CC[C@@H]4[C@@]5(C)CC[C@H](O)C(C)(C)[C@@H]5CC[C@]43C)[C@@H]12. The van der Waals surface area contributed by atoms with E-state index in [1.54, 1.807) is 6.92 Å². The van der Waals surface area contributed by atoms with E-state index in [0.29, 0.717) is 29.7 Å². The molecule has 0 amide bonds. The van der Waals surface area contributed by atoms with E-state index < -0.39 is 5.41 Å². The molecule has 5 fully saturated rings. The first kappa shape index (κ1) is 27.2. The maximum Gasteiger partial charge on any atom is 0.312 e. The number of halogens is 1. The minimum absolute atomic E-state index is 0.0121. The molecular weight excluding hydrogens is 516 g/mol. The maximum atomic E-state index is 13.6. The number of carbonyl (C=O) groups excluding carboxylic acids is 2. The molecule has 0 aromatic rings. The van der Waals surface area contributed by atoms with Crippen molar-refractivity contribution in [3.05, 3.63) is 0 Å². The van der Waals surface area contributed by atoms with Crippen LogP contribution in [0.2, 0.25) is 0 Å². The van der Waals surface area contributed by atoms with Crippen LogP contribution >= 0.6 is 15.9 Å². The number of rotatable bonds is 4. The Kier molecular flexibility index (Phi) is 6.64. The summed E-state index contributed by atoms with van der Waals surface area (Å²) >= 11 is 3.41. The summed E-state index contributed by atoms with van der Waals surface area (Å²) in [5.74, 6) is 1.90. The third kappa shape index (κ3) is 3.39. The lowest BCUT2D eigenvalue weighted by atomic mass is 9.32. The van der Waals surface area contributed by atoms with Crippen molar-refractivity contribution < 1.29 is 19.4 Å². The summed E-state index contributed by atoms with van der Waals surface area (Å²) in [7, 11) is 0. The first-order chi connectivity index (χ1) is 16.8. The Morgan fingerprint density at radius 3 is 2.25 bits per heavy atom. The van der Waals surface area contributed by atoms with Crippen molar-refractivity contribution in [1.29, 1.82) is 0 Å². The molecule has 0 saturated heterocycles. The third-order valence-electron chi connectivity index (χ3n) is 13.7. The highest BCUT2D eigenvalue weighted by molar-refractivity contribution is 9.09. The molecule has 0 heterocycles. The number of aliphatic hydroxyl groups excluding tert-OH is 1. The number of hydrogen-bond donors (Lipinski definition) is 1. The average molecular weight is 566 g/mol. The second kappa shape index (κ2) is 8.80. The van der Waals surface area contributed by atoms with Crippen molar-refractivity contribution in [2.75, 3.05) is 11.9 Å². The van der Waals surface area contributed by atoms with Crippen LogP contribution in [0.15, 0.2) is 0 Å². The van der Waals surface area contributed by atoms with E-state index in [4.69, 9.17) is 4.74 Å². The number of ether oxygens (including phenoxy) is 1. The van der Waals surface area contributed by atoms with Crippen LogP contribution in [-0.2, 0) is 14.3 Å². The minimum atomic E-state index is -0.482. The van der Waals surface area contributed by atoms with Gasteiger partial charge in [0.25, 0.3) is 0 Å². The summed E-state index contributed by atoms with van der Waals surface area (Å²) in [6.45, 7) is 14.4. The monoisotopic (exact) mass is 564 g/mol. The minimum Gasteiger partial charge on any atom is -0.464 e. The molecule has 0 aromatic carbocycles. The fourth-order valence-electron chi connectivity index (χ4n) is 11.7. The maximum absolute atomic E-state index is 13.6. The number of Topliss-reactive ketones (excluding diaryl/α,β-unsaturated/α-hetero) is 1. The summed E-state index contributed by atoms with van der Waals surface area (Å²) < 4.78 is 5.81. The number of fused-ring (bicyclic) bond motifs is 7. The van der Waals surface area contributed by atoms with Gasteiger partial charge in [0.05, 0.1) is 11.5 Å². The molecule has 0 aromatic heterocycles. The number of ketones is 1. The molecule has 0 bridgehead atoms. The summed E-state index contributed by atoms with van der Waals surface area (Å²) in [5.41, 5.74) is 0.0200. The topological polar surface area (TPSA) is 63.6 Å². The van der Waals surface area contributed by atoms with Crippen LogP contribution < -0.4 is 0 Å². The zero-order valence-electron chi connectivity index (χ0n) is 23.5. The molecule has 0 aliphatic heterocycles. The second-order valence-corrected chi connectivity index (χ2v) is 15.6. The standard InChI is InChI=1S/C31H49BrO4/c1-19(33)20-9-14-31(26(35)36-18-17-32)16-15-29(5)21(25(20)31)7-8-23-28(4)12-11-24(34)27(2,3)22(28)10-13-30(23,29)6/h20-25,34H,7-18H2,1-6H3/t20-,21+,22-,23+,24-,25+,28-,29+,30+,31-/m0/s1. The van der Waals surface area contributed by atoms with E-state index in [1.165, 1.54) is 19.3 Å². The number of aliphatic hydroxyl groups is 1. The van der Waals surface area contributed by atoms with Gasteiger partial charge in [-0.2, -0.15) is 0 Å². The highest BCUT2D eigenvalue weighted by Crippen LogP contribution is 2.77. The Morgan fingerprint density at radius 1 is 0.861 bits per heavy atom. The molecule has 204 valence electrons. The van der Waals surface area contributed by atoms with E-state index in [9.17, 15) is 14.7 Å². The number of esters is 1. The smallest absolute Gasteiger partial charge is 0.312 e. The molecule has 0 unspecified atom stereocenters. The van der Waals surface area contributed by atoms with Crippen molar-refractivity contribution in [1.82, 2.24) is 0 Å². The van der Waals surface area contributed by atoms with Crippen LogP contribution in [0.25, 0.3) is 0 Å². The van der Waals surface area contributed by atoms with Gasteiger partial charge in [0.1, 0.15) is 12.4 Å². The molecule has 0 spiro atoms. The summed E-state index contributed by atoms with van der Waals surface area (Å²) in [6.07, 6.45) is 10.0. The largest absolute Gasteiger partial charge is 0.464 e. The summed E-state index contributed by atoms with van der Waals surface area (Å²) in [4.78, 5) is 26.6. The molecule has 4 nitrogen and oxygen atoms in total. The van der Waals surface area contributed by atoms with Crippen LogP contribution in [0.5, 0.6) is 0 Å². The molecule has 5 rings (SSSR count). The molecule has 5 saturated carbocycles. The van der Waals surface area contributed by atoms with Crippen LogP contribution in [-0.4, -0.2) is 34.9 Å². The molecule has 0 radical (unpaired) electrons. The predicted octanol–water partition coefficient (Wildman–Crippen LogP) is 6.96. The normalized spacial score (nSPS) is 51.3. The molecule has 10 atom stereocenters. The first-order valence-electron chi connectivity index (χ1n) is 14.7. The van der Waals surface area contributed by atoms with E-state index >= 15 is 0 Å². The highest BCUT2D eigenvalue weighted by atomic mass is 79.9. The second-order valence-electron chi connectivity index (χ2n) is 14.8. The van der Waals surface area contributed by atoms with Gasteiger partial charge < -0.3 is 9.84 Å². The molecule has 5 heteroatoms. The number of alkyl halides is 1. The Balaban J connectivity index is 1.54. The van der Waals surface area contributed by atoms with E-state index in [-0.39, 0.29) is 51.4 Å². The fourth-order valence-corrected chi connectivity index (χ4v) is 11.8. The van der Waals surface area contributed by atoms with Gasteiger partial charge in [0.2, 0.25) is 0 Å². The summed E-state index contributed by atoms with van der Waals surface area (Å²) in [5, 5.41) is 11.6. The van der Waals surface area contributed by atoms with Crippen molar-refractivity contribution in [3.63, 3.8) is 0 Å². The lowest BCUT2D eigenvalue weighted by Crippen LogP contribution is -2.67. The quantitative estimate of drug-likeness (QED) is 0.296.